The van der Waals surface area contributed by atoms with Crippen LogP contribution in [0.15, 0.2) is 12.7 Å². The highest BCUT2D eigenvalue weighted by Gasteiger charge is 2.48. The van der Waals surface area contributed by atoms with Crippen LogP contribution in [0.4, 0.5) is 5.82 Å². The molecule has 1 aliphatic heterocycles. The highest BCUT2D eigenvalue weighted by atomic mass is 32.1. The zero-order valence-corrected chi connectivity index (χ0v) is 14.4. The second-order valence-electron chi connectivity index (χ2n) is 6.81. The molecule has 0 bridgehead atoms. The maximum Gasteiger partial charge on any atom is 0.167 e. The third-order valence-corrected chi connectivity index (χ3v) is 5.73. The van der Waals surface area contributed by atoms with Gasteiger partial charge in [-0.05, 0) is 24.1 Å². The summed E-state index contributed by atoms with van der Waals surface area (Å²) in [4.78, 5) is 12.3. The van der Waals surface area contributed by atoms with Gasteiger partial charge in [0.15, 0.2) is 17.7 Å². The number of imidazole rings is 1. The molecule has 1 saturated heterocycles. The molecule has 134 valence electrons. The molecule has 1 aliphatic carbocycles. The fourth-order valence-electron chi connectivity index (χ4n) is 4.09. The van der Waals surface area contributed by atoms with Gasteiger partial charge in [-0.3, -0.25) is 4.57 Å². The molecular formula is C16H21N5O3S. The molecule has 1 unspecified atom stereocenters. The smallest absolute Gasteiger partial charge is 0.167 e. The van der Waals surface area contributed by atoms with Crippen LogP contribution in [0.1, 0.15) is 31.9 Å². The molecule has 25 heavy (non-hydrogen) atoms. The molecule has 2 aromatic rings. The van der Waals surface area contributed by atoms with Crippen molar-refractivity contribution in [2.75, 3.05) is 5.73 Å². The zero-order chi connectivity index (χ0) is 17.6. The first-order chi connectivity index (χ1) is 12.1. The predicted molar refractivity (Wildman–Crippen MR) is 94.8 cm³/mol. The lowest BCUT2D eigenvalue weighted by Gasteiger charge is -2.27. The number of hydrogen-bond acceptors (Lipinski definition) is 8. The Balaban J connectivity index is 1.65. The van der Waals surface area contributed by atoms with Crippen molar-refractivity contribution < 1.29 is 14.9 Å². The summed E-state index contributed by atoms with van der Waals surface area (Å²) in [6.45, 7) is 0. The number of nitrogens with zero attached hydrogens (tertiary/aromatic N) is 4. The first kappa shape index (κ1) is 16.8. The molecule has 1 saturated carbocycles. The topological polar surface area (TPSA) is 119 Å². The molecule has 0 aromatic carbocycles. The number of nitrogen functional groups attached to an aromatic ring is 1. The molecule has 5 atom stereocenters. The van der Waals surface area contributed by atoms with Gasteiger partial charge in [-0.2, -0.15) is 0 Å². The Hall–Kier alpha value is -1.68. The van der Waals surface area contributed by atoms with Gasteiger partial charge >= 0.3 is 0 Å². The zero-order valence-electron chi connectivity index (χ0n) is 13.6. The number of aliphatic hydroxyl groups is 2. The average molecular weight is 363 g/mol. The standard InChI is InChI=1S/C16H21N5O3S/c17-14-10-15(19-6-18-14)21(7-20-10)16-12(23)11(22)13(24-16)9(5-25)8-3-1-2-4-8/h5-9,11-13,16,22-23H,1-4H2,(H2,17,18,19)/t9?,11-,12+,13+,16+/m0/s1. The largest absolute Gasteiger partial charge is 0.387 e. The number of rotatable bonds is 4. The Morgan fingerprint density at radius 1 is 1.24 bits per heavy atom. The normalized spacial score (nSPS) is 31.6. The highest BCUT2D eigenvalue weighted by molar-refractivity contribution is 7.79. The van der Waals surface area contributed by atoms with Crippen molar-refractivity contribution in [1.82, 2.24) is 19.5 Å². The quantitative estimate of drug-likeness (QED) is 0.684. The number of nitrogens with two attached hydrogens (primary N) is 1. The van der Waals surface area contributed by atoms with Crippen LogP contribution in [0.5, 0.6) is 0 Å². The summed E-state index contributed by atoms with van der Waals surface area (Å²) in [7, 11) is 0. The second kappa shape index (κ2) is 6.56. The number of aliphatic hydroxyl groups excluding tert-OH is 2. The van der Waals surface area contributed by atoms with Crippen molar-refractivity contribution in [2.45, 2.75) is 50.2 Å². The van der Waals surface area contributed by atoms with Crippen LogP contribution in [0.2, 0.25) is 0 Å². The van der Waals surface area contributed by atoms with Crippen molar-refractivity contribution in [3.8, 4) is 0 Å². The van der Waals surface area contributed by atoms with Crippen LogP contribution in [-0.2, 0) is 4.74 Å². The van der Waals surface area contributed by atoms with Gasteiger partial charge in [0.1, 0.15) is 24.1 Å². The van der Waals surface area contributed by atoms with Gasteiger partial charge in [0.25, 0.3) is 0 Å². The number of fused-ring (bicyclic) bond motifs is 1. The fraction of sp³-hybridized carbons (Fsp3) is 0.625. The fourth-order valence-corrected chi connectivity index (χ4v) is 4.47. The maximum atomic E-state index is 10.6. The van der Waals surface area contributed by atoms with Crippen LogP contribution < -0.4 is 5.73 Å². The molecule has 2 aromatic heterocycles. The summed E-state index contributed by atoms with van der Waals surface area (Å²) in [5.74, 6) is 0.582. The van der Waals surface area contributed by atoms with Crippen LogP contribution >= 0.6 is 12.2 Å². The van der Waals surface area contributed by atoms with Gasteiger partial charge in [0, 0.05) is 5.92 Å². The van der Waals surface area contributed by atoms with Gasteiger partial charge < -0.3 is 20.7 Å². The summed E-state index contributed by atoms with van der Waals surface area (Å²) in [5, 5.41) is 22.8. The van der Waals surface area contributed by atoms with Gasteiger partial charge in [-0.1, -0.05) is 25.1 Å². The van der Waals surface area contributed by atoms with Gasteiger partial charge in [0.2, 0.25) is 0 Å². The van der Waals surface area contributed by atoms with E-state index in [1.54, 1.807) is 9.93 Å². The van der Waals surface area contributed by atoms with Crippen molar-refractivity contribution >= 4 is 34.6 Å². The average Bonchev–Trinajstić information content (AvgIpc) is 3.32. The van der Waals surface area contributed by atoms with E-state index in [1.165, 1.54) is 25.5 Å². The van der Waals surface area contributed by atoms with Crippen molar-refractivity contribution in [1.29, 1.82) is 0 Å². The Kier molecular flexibility index (Phi) is 4.40. The highest BCUT2D eigenvalue weighted by Crippen LogP contribution is 2.40. The number of aromatic nitrogens is 4. The van der Waals surface area contributed by atoms with Gasteiger partial charge in [-0.25, -0.2) is 15.0 Å². The third-order valence-electron chi connectivity index (χ3n) is 5.42. The van der Waals surface area contributed by atoms with E-state index in [2.05, 4.69) is 15.0 Å². The monoisotopic (exact) mass is 363 g/mol. The summed E-state index contributed by atoms with van der Waals surface area (Å²) in [6.07, 6.45) is 3.86. The Bertz CT molecular complexity index is 778. The van der Waals surface area contributed by atoms with E-state index in [-0.39, 0.29) is 11.7 Å². The Labute approximate surface area is 150 Å². The lowest BCUT2D eigenvalue weighted by molar-refractivity contribution is -0.0510. The molecule has 0 radical (unpaired) electrons. The molecule has 9 heteroatoms. The van der Waals surface area contributed by atoms with E-state index in [0.29, 0.717) is 17.1 Å². The SMILES string of the molecule is Nc1ncnc2c1ncn2[C@@H]1O[C@H](C(C=S)C2CCCC2)[C@@H](O)[C@H]1O. The van der Waals surface area contributed by atoms with Crippen LogP contribution in [0, 0.1) is 11.8 Å². The minimum Gasteiger partial charge on any atom is -0.387 e. The maximum absolute atomic E-state index is 10.6. The minimum atomic E-state index is -1.10. The van der Waals surface area contributed by atoms with Gasteiger partial charge in [0.05, 0.1) is 12.4 Å². The van der Waals surface area contributed by atoms with E-state index in [9.17, 15) is 10.2 Å². The van der Waals surface area contributed by atoms with E-state index in [1.807, 2.05) is 0 Å². The van der Waals surface area contributed by atoms with Crippen molar-refractivity contribution in [3.05, 3.63) is 12.7 Å². The Morgan fingerprint density at radius 3 is 2.72 bits per heavy atom. The van der Waals surface area contributed by atoms with Crippen molar-refractivity contribution in [3.63, 3.8) is 0 Å². The minimum absolute atomic E-state index is 0.0679. The lowest BCUT2D eigenvalue weighted by Crippen LogP contribution is -2.38. The molecule has 4 N–H and O–H groups in total. The van der Waals surface area contributed by atoms with Crippen LogP contribution in [-0.4, -0.2) is 53.4 Å². The predicted octanol–water partition coefficient (Wildman–Crippen LogP) is 0.834. The number of anilines is 1. The summed E-state index contributed by atoms with van der Waals surface area (Å²) in [5.41, 5.74) is 6.72. The summed E-state index contributed by atoms with van der Waals surface area (Å²) < 4.78 is 7.66. The molecule has 0 amide bonds. The number of hydrogen-bond donors (Lipinski definition) is 3. The Morgan fingerprint density at radius 2 is 2.00 bits per heavy atom. The lowest BCUT2D eigenvalue weighted by atomic mass is 9.85. The summed E-state index contributed by atoms with van der Waals surface area (Å²) in [6, 6.07) is 0. The molecule has 2 fully saturated rings. The van der Waals surface area contributed by atoms with Gasteiger partial charge in [-0.15, -0.1) is 0 Å². The first-order valence-corrected chi connectivity index (χ1v) is 8.99. The third kappa shape index (κ3) is 2.71. The van der Waals surface area contributed by atoms with E-state index in [0.717, 1.165) is 12.8 Å². The molecule has 3 heterocycles. The number of thiocarbonyl (C=S) groups is 1. The molecule has 0 spiro atoms. The van der Waals surface area contributed by atoms with Crippen LogP contribution in [0.25, 0.3) is 11.2 Å². The van der Waals surface area contributed by atoms with E-state index < -0.39 is 24.5 Å². The summed E-state index contributed by atoms with van der Waals surface area (Å²) >= 11 is 5.22. The molecule has 2 aliphatic rings. The molecular weight excluding hydrogens is 342 g/mol. The van der Waals surface area contributed by atoms with Crippen LogP contribution in [0.3, 0.4) is 0 Å². The first-order valence-electron chi connectivity index (χ1n) is 8.51. The van der Waals surface area contributed by atoms with E-state index in [4.69, 9.17) is 22.7 Å². The molecule has 4 rings (SSSR count). The second-order valence-corrected chi connectivity index (χ2v) is 7.09. The van der Waals surface area contributed by atoms with Crippen molar-refractivity contribution in [2.24, 2.45) is 11.8 Å². The van der Waals surface area contributed by atoms with E-state index >= 15 is 0 Å². The molecule has 8 nitrogen and oxygen atoms in total. The number of ether oxygens (including phenoxy) is 1.